The molecule has 3 heterocycles. The van der Waals surface area contributed by atoms with Crippen molar-refractivity contribution in [3.63, 3.8) is 0 Å². The normalized spacial score (nSPS) is 23.5. The number of anilines is 1. The summed E-state index contributed by atoms with van der Waals surface area (Å²) in [5, 5.41) is 11.7. The van der Waals surface area contributed by atoms with Crippen LogP contribution in [0.2, 0.25) is 0 Å². The molecule has 2 unspecified atom stereocenters. The molecule has 2 aromatic rings. The molecule has 8 nitrogen and oxygen atoms in total. The van der Waals surface area contributed by atoms with Gasteiger partial charge in [0.15, 0.2) is 5.54 Å². The highest BCUT2D eigenvalue weighted by atomic mass is 16.5. The van der Waals surface area contributed by atoms with Gasteiger partial charge < -0.3 is 24.5 Å². The number of carbonyl (C=O) groups excluding carboxylic acids is 3. The second kappa shape index (κ2) is 9.91. The molecule has 200 valence electrons. The van der Waals surface area contributed by atoms with Crippen molar-refractivity contribution in [2.45, 2.75) is 51.2 Å². The third kappa shape index (κ3) is 3.89. The lowest BCUT2D eigenvalue weighted by molar-refractivity contribution is -0.143. The monoisotopic (exact) mass is 517 g/mol. The van der Waals surface area contributed by atoms with Crippen LogP contribution in [0.5, 0.6) is 5.75 Å². The summed E-state index contributed by atoms with van der Waals surface area (Å²) in [6.45, 7) is 5.36. The average molecular weight is 518 g/mol. The van der Waals surface area contributed by atoms with E-state index in [0.717, 1.165) is 24.2 Å². The maximum Gasteiger partial charge on any atom is 0.296 e. The first kappa shape index (κ1) is 26.0. The zero-order chi connectivity index (χ0) is 27.2. The number of likely N-dealkylation sites (tertiary alicyclic amines) is 1. The molecule has 0 saturated carbocycles. The van der Waals surface area contributed by atoms with Gasteiger partial charge in [0.2, 0.25) is 0 Å². The van der Waals surface area contributed by atoms with Crippen molar-refractivity contribution < 1.29 is 24.2 Å². The molecule has 2 aromatic carbocycles. The van der Waals surface area contributed by atoms with Crippen LogP contribution in [0.1, 0.15) is 49.8 Å². The number of rotatable bonds is 8. The number of carbonyl (C=O) groups is 3. The van der Waals surface area contributed by atoms with Crippen LogP contribution in [0, 0.1) is 0 Å². The van der Waals surface area contributed by atoms with Crippen LogP contribution in [0.25, 0.3) is 5.76 Å². The molecule has 1 N–H and O–H groups in total. The number of hydrogen-bond donors (Lipinski definition) is 1. The number of aliphatic hydroxyl groups is 1. The zero-order valence-corrected chi connectivity index (χ0v) is 22.5. The molecule has 0 bridgehead atoms. The van der Waals surface area contributed by atoms with E-state index in [1.165, 1.54) is 4.90 Å². The highest BCUT2D eigenvalue weighted by Gasteiger charge is 2.66. The summed E-state index contributed by atoms with van der Waals surface area (Å²) in [7, 11) is 3.87. The van der Waals surface area contributed by atoms with Gasteiger partial charge >= 0.3 is 0 Å². The molecule has 1 fully saturated rings. The quantitative estimate of drug-likeness (QED) is 0.326. The SMILES string of the molecule is CCCCN1C(=O)C2(/C(=C(\O)c3ccc4c(c3)CC(C)O4)C(=O)C(=O)N2CCCN(C)C)c2ccccc21. The number of para-hydroxylation sites is 1. The summed E-state index contributed by atoms with van der Waals surface area (Å²) in [6, 6.07) is 12.6. The third-order valence-electron chi connectivity index (χ3n) is 7.70. The minimum atomic E-state index is -1.71. The fourth-order valence-electron chi connectivity index (χ4n) is 5.96. The van der Waals surface area contributed by atoms with Crippen LogP contribution >= 0.6 is 0 Å². The molecule has 0 radical (unpaired) electrons. The number of unbranched alkanes of at least 4 members (excludes halogenated alkanes) is 1. The predicted octanol–water partition coefficient (Wildman–Crippen LogP) is 3.68. The topological polar surface area (TPSA) is 90.4 Å². The molecule has 3 aliphatic rings. The van der Waals surface area contributed by atoms with Gasteiger partial charge in [0.25, 0.3) is 17.6 Å². The summed E-state index contributed by atoms with van der Waals surface area (Å²) in [4.78, 5) is 46.9. The van der Waals surface area contributed by atoms with E-state index < -0.39 is 17.2 Å². The van der Waals surface area contributed by atoms with E-state index in [9.17, 15) is 19.5 Å². The van der Waals surface area contributed by atoms with E-state index >= 15 is 0 Å². The summed E-state index contributed by atoms with van der Waals surface area (Å²) in [5.41, 5.74) is 0.675. The summed E-state index contributed by atoms with van der Waals surface area (Å²) in [5.74, 6) is -1.56. The van der Waals surface area contributed by atoms with Gasteiger partial charge in [-0.1, -0.05) is 31.5 Å². The molecule has 2 amide bonds. The smallest absolute Gasteiger partial charge is 0.296 e. The highest BCUT2D eigenvalue weighted by molar-refractivity contribution is 6.50. The Labute approximate surface area is 223 Å². The summed E-state index contributed by atoms with van der Waals surface area (Å²) in [6.07, 6.45) is 2.91. The number of amides is 2. The average Bonchev–Trinajstić information content (AvgIpc) is 3.46. The Kier molecular flexibility index (Phi) is 6.77. The van der Waals surface area contributed by atoms with Gasteiger partial charge in [-0.15, -0.1) is 0 Å². The largest absolute Gasteiger partial charge is 0.507 e. The first-order valence-corrected chi connectivity index (χ1v) is 13.4. The predicted molar refractivity (Wildman–Crippen MR) is 145 cm³/mol. The van der Waals surface area contributed by atoms with E-state index in [1.54, 1.807) is 29.2 Å². The van der Waals surface area contributed by atoms with Crippen molar-refractivity contribution in [1.82, 2.24) is 9.80 Å². The molecule has 1 spiro atoms. The highest BCUT2D eigenvalue weighted by Crippen LogP contribution is 2.53. The minimum Gasteiger partial charge on any atom is -0.507 e. The minimum absolute atomic E-state index is 0.0127. The van der Waals surface area contributed by atoms with E-state index in [4.69, 9.17) is 4.74 Å². The molecule has 5 rings (SSSR count). The van der Waals surface area contributed by atoms with Crippen molar-refractivity contribution in [1.29, 1.82) is 0 Å². The Bertz CT molecular complexity index is 1330. The van der Waals surface area contributed by atoms with Crippen LogP contribution < -0.4 is 9.64 Å². The summed E-state index contributed by atoms with van der Waals surface area (Å²) < 4.78 is 5.80. The zero-order valence-electron chi connectivity index (χ0n) is 22.5. The molecule has 8 heteroatoms. The maximum absolute atomic E-state index is 14.5. The van der Waals surface area contributed by atoms with Crippen molar-refractivity contribution in [3.05, 3.63) is 64.7 Å². The Morgan fingerprint density at radius 2 is 1.87 bits per heavy atom. The van der Waals surface area contributed by atoms with Crippen molar-refractivity contribution in [2.75, 3.05) is 38.6 Å². The number of ketones is 1. The van der Waals surface area contributed by atoms with Gasteiger partial charge in [0.05, 0.1) is 11.3 Å². The Hall–Kier alpha value is -3.65. The second-order valence-electron chi connectivity index (χ2n) is 10.7. The van der Waals surface area contributed by atoms with Gasteiger partial charge in [-0.2, -0.15) is 0 Å². The van der Waals surface area contributed by atoms with Crippen molar-refractivity contribution >= 4 is 29.0 Å². The number of hydrogen-bond acceptors (Lipinski definition) is 6. The fourth-order valence-corrected chi connectivity index (χ4v) is 5.96. The molecule has 2 atom stereocenters. The van der Waals surface area contributed by atoms with Gasteiger partial charge in [-0.3, -0.25) is 14.4 Å². The van der Waals surface area contributed by atoms with Crippen LogP contribution in [0.4, 0.5) is 5.69 Å². The number of fused-ring (bicyclic) bond motifs is 3. The van der Waals surface area contributed by atoms with E-state index in [1.807, 2.05) is 51.0 Å². The van der Waals surface area contributed by atoms with E-state index in [2.05, 4.69) is 0 Å². The summed E-state index contributed by atoms with van der Waals surface area (Å²) >= 11 is 0. The lowest BCUT2D eigenvalue weighted by Gasteiger charge is -2.35. The lowest BCUT2D eigenvalue weighted by Crippen LogP contribution is -2.52. The van der Waals surface area contributed by atoms with Crippen LogP contribution in [0.15, 0.2) is 48.0 Å². The van der Waals surface area contributed by atoms with Crippen molar-refractivity contribution in [2.24, 2.45) is 0 Å². The molecular formula is C30H35N3O5. The van der Waals surface area contributed by atoms with Crippen LogP contribution in [0.3, 0.4) is 0 Å². The van der Waals surface area contributed by atoms with Gasteiger partial charge in [-0.25, -0.2) is 0 Å². The Morgan fingerprint density at radius 3 is 2.61 bits per heavy atom. The molecule has 0 aromatic heterocycles. The fraction of sp³-hybridized carbons (Fsp3) is 0.433. The number of Topliss-reactive ketones (excluding diaryl/α,β-unsaturated/α-hetero) is 1. The third-order valence-corrected chi connectivity index (χ3v) is 7.70. The maximum atomic E-state index is 14.5. The number of aliphatic hydroxyl groups excluding tert-OH is 1. The number of benzene rings is 2. The molecule has 0 aliphatic carbocycles. The number of nitrogens with zero attached hydrogens (tertiary/aromatic N) is 3. The van der Waals surface area contributed by atoms with E-state index in [-0.39, 0.29) is 29.9 Å². The van der Waals surface area contributed by atoms with Gasteiger partial charge in [0.1, 0.15) is 17.6 Å². The molecular weight excluding hydrogens is 482 g/mol. The second-order valence-corrected chi connectivity index (χ2v) is 10.7. The number of ether oxygens (including phenoxy) is 1. The molecule has 1 saturated heterocycles. The van der Waals surface area contributed by atoms with Gasteiger partial charge in [-0.05, 0) is 70.2 Å². The first-order chi connectivity index (χ1) is 18.2. The molecule has 3 aliphatic heterocycles. The van der Waals surface area contributed by atoms with E-state index in [0.29, 0.717) is 42.7 Å². The van der Waals surface area contributed by atoms with Crippen molar-refractivity contribution in [3.8, 4) is 5.75 Å². The molecule has 38 heavy (non-hydrogen) atoms. The first-order valence-electron chi connectivity index (χ1n) is 13.4. The standard InChI is InChI=1S/C30H35N3O5/c1-5-6-15-32-23-11-8-7-10-22(23)30(29(32)37)25(27(35)28(36)33(30)16-9-14-31(3)4)26(34)20-12-13-24-21(18-20)17-19(2)38-24/h7-8,10-13,18-19,34H,5-6,9,14-17H2,1-4H3/b26-25-. The van der Waals surface area contributed by atoms with Crippen LogP contribution in [-0.4, -0.2) is 72.3 Å². The van der Waals surface area contributed by atoms with Crippen LogP contribution in [-0.2, 0) is 26.3 Å². The Balaban J connectivity index is 1.72. The van der Waals surface area contributed by atoms with Gasteiger partial charge in [0, 0.05) is 30.6 Å². The lowest BCUT2D eigenvalue weighted by atomic mass is 9.81. The Morgan fingerprint density at radius 1 is 1.11 bits per heavy atom.